The smallest absolute Gasteiger partial charge is 0.225 e. The molecule has 5 heteroatoms. The van der Waals surface area contributed by atoms with Crippen molar-refractivity contribution in [2.75, 3.05) is 19.0 Å². The number of carboxylic acid groups (broad SMARTS) is 1. The number of carbonyl (C=O) groups is 1. The fourth-order valence-electron chi connectivity index (χ4n) is 0.678. The number of rotatable bonds is 2. The molecule has 0 bridgehead atoms. The summed E-state index contributed by atoms with van der Waals surface area (Å²) in [6.45, 7) is 0. The van der Waals surface area contributed by atoms with E-state index >= 15 is 0 Å². The molecule has 0 aromatic carbocycles. The van der Waals surface area contributed by atoms with Gasteiger partial charge in [-0.05, 0) is 6.07 Å². The van der Waals surface area contributed by atoms with Gasteiger partial charge in [0, 0.05) is 20.3 Å². The monoisotopic (exact) mass is 166 g/mol. The van der Waals surface area contributed by atoms with E-state index in [1.54, 1.807) is 19.0 Å². The van der Waals surface area contributed by atoms with Crippen LogP contribution in [0.25, 0.3) is 0 Å². The zero-order valence-corrected chi connectivity index (χ0v) is 6.81. The maximum Gasteiger partial charge on any atom is 0.225 e. The van der Waals surface area contributed by atoms with Crippen molar-refractivity contribution in [3.8, 4) is 0 Å². The van der Waals surface area contributed by atoms with Gasteiger partial charge in [-0.15, -0.1) is 0 Å². The Morgan fingerprint density at radius 1 is 1.58 bits per heavy atom. The molecule has 0 N–H and O–H groups in total. The first kappa shape index (κ1) is 8.45. The van der Waals surface area contributed by atoms with Crippen LogP contribution >= 0.6 is 0 Å². The number of carbonyl (C=O) groups excluding carboxylic acids is 1. The molecule has 0 atom stereocenters. The maximum absolute atomic E-state index is 10.4. The minimum Gasteiger partial charge on any atom is -0.543 e. The Kier molecular flexibility index (Phi) is 2.23. The normalized spacial score (nSPS) is 9.50. The number of hydrogen-bond acceptors (Lipinski definition) is 5. The van der Waals surface area contributed by atoms with Crippen LogP contribution in [0, 0.1) is 0 Å². The average molecular weight is 166 g/mol. The molecule has 0 aliphatic rings. The molecule has 0 saturated heterocycles. The van der Waals surface area contributed by atoms with Crippen LogP contribution in [-0.2, 0) is 0 Å². The molecule has 0 saturated carbocycles. The topological polar surface area (TPSA) is 69.2 Å². The lowest BCUT2D eigenvalue weighted by atomic mass is 10.4. The van der Waals surface area contributed by atoms with Gasteiger partial charge in [-0.3, -0.25) is 0 Å². The third-order valence-corrected chi connectivity index (χ3v) is 1.25. The van der Waals surface area contributed by atoms with Gasteiger partial charge in [-0.2, -0.15) is 0 Å². The van der Waals surface area contributed by atoms with E-state index in [9.17, 15) is 9.90 Å². The first-order valence-electron chi connectivity index (χ1n) is 3.33. The molecule has 5 nitrogen and oxygen atoms in total. The summed E-state index contributed by atoms with van der Waals surface area (Å²) < 4.78 is 0. The van der Waals surface area contributed by atoms with Gasteiger partial charge in [0.25, 0.3) is 0 Å². The van der Waals surface area contributed by atoms with Crippen LogP contribution in [0.3, 0.4) is 0 Å². The zero-order valence-electron chi connectivity index (χ0n) is 6.81. The van der Waals surface area contributed by atoms with Gasteiger partial charge in [0.1, 0.15) is 0 Å². The summed E-state index contributed by atoms with van der Waals surface area (Å²) in [6, 6.07) is 1.29. The summed E-state index contributed by atoms with van der Waals surface area (Å²) in [5.74, 6) is -0.933. The third kappa shape index (κ3) is 1.69. The maximum atomic E-state index is 10.4. The van der Waals surface area contributed by atoms with Crippen molar-refractivity contribution >= 4 is 11.9 Å². The summed E-state index contributed by atoms with van der Waals surface area (Å²) in [5.41, 5.74) is -0.103. The lowest BCUT2D eigenvalue weighted by Gasteiger charge is -2.10. The summed E-state index contributed by atoms with van der Waals surface area (Å²) in [7, 11) is 3.46. The van der Waals surface area contributed by atoms with E-state index < -0.39 is 5.97 Å². The summed E-state index contributed by atoms with van der Waals surface area (Å²) >= 11 is 0. The van der Waals surface area contributed by atoms with Crippen LogP contribution in [0.2, 0.25) is 0 Å². The van der Waals surface area contributed by atoms with Crippen molar-refractivity contribution < 1.29 is 9.90 Å². The predicted molar refractivity (Wildman–Crippen MR) is 40.7 cm³/mol. The first-order chi connectivity index (χ1) is 5.61. The molecule has 1 heterocycles. The van der Waals surface area contributed by atoms with E-state index in [2.05, 4.69) is 9.97 Å². The predicted octanol–water partition coefficient (Wildman–Crippen LogP) is -1.09. The fraction of sp³-hybridized carbons (Fsp3) is 0.286. The number of anilines is 1. The number of hydrogen-bond donors (Lipinski definition) is 0. The quantitative estimate of drug-likeness (QED) is 0.558. The Bertz CT molecular complexity index is 298. The van der Waals surface area contributed by atoms with Crippen molar-refractivity contribution in [1.29, 1.82) is 0 Å². The van der Waals surface area contributed by atoms with Crippen LogP contribution in [-0.4, -0.2) is 30.0 Å². The van der Waals surface area contributed by atoms with E-state index in [0.29, 0.717) is 5.95 Å². The van der Waals surface area contributed by atoms with Crippen LogP contribution in [0.1, 0.15) is 10.5 Å². The highest BCUT2D eigenvalue weighted by atomic mass is 16.4. The Hall–Kier alpha value is -1.65. The van der Waals surface area contributed by atoms with Crippen molar-refractivity contribution in [1.82, 2.24) is 9.97 Å². The van der Waals surface area contributed by atoms with E-state index in [1.807, 2.05) is 0 Å². The van der Waals surface area contributed by atoms with E-state index in [4.69, 9.17) is 0 Å². The molecule has 0 fully saturated rings. The molecule has 0 spiro atoms. The summed E-state index contributed by atoms with van der Waals surface area (Å²) in [6.07, 6.45) is 1.38. The SMILES string of the molecule is CN(C)c1nccc(C(=O)[O-])n1. The second-order valence-electron chi connectivity index (χ2n) is 2.42. The highest BCUT2D eigenvalue weighted by molar-refractivity contribution is 5.83. The zero-order chi connectivity index (χ0) is 9.14. The molecule has 0 radical (unpaired) electrons. The van der Waals surface area contributed by atoms with Gasteiger partial charge in [0.05, 0.1) is 11.7 Å². The van der Waals surface area contributed by atoms with Crippen molar-refractivity contribution in [3.63, 3.8) is 0 Å². The highest BCUT2D eigenvalue weighted by Gasteiger charge is 2.00. The third-order valence-electron chi connectivity index (χ3n) is 1.25. The molecule has 1 aromatic heterocycles. The van der Waals surface area contributed by atoms with Gasteiger partial charge < -0.3 is 14.8 Å². The van der Waals surface area contributed by atoms with E-state index in [0.717, 1.165) is 0 Å². The number of nitrogens with zero attached hydrogens (tertiary/aromatic N) is 3. The Labute approximate surface area is 69.7 Å². The molecule has 0 aliphatic carbocycles. The Morgan fingerprint density at radius 2 is 2.25 bits per heavy atom. The van der Waals surface area contributed by atoms with Gasteiger partial charge >= 0.3 is 0 Å². The molecule has 0 amide bonds. The Balaban J connectivity index is 3.04. The second-order valence-corrected chi connectivity index (χ2v) is 2.42. The molecule has 0 aliphatic heterocycles. The van der Waals surface area contributed by atoms with Crippen molar-refractivity contribution in [3.05, 3.63) is 18.0 Å². The molecular formula is C7H8N3O2-. The van der Waals surface area contributed by atoms with Gasteiger partial charge in [-0.1, -0.05) is 0 Å². The lowest BCUT2D eigenvalue weighted by molar-refractivity contribution is -0.255. The largest absolute Gasteiger partial charge is 0.543 e. The number of aromatic nitrogens is 2. The number of aromatic carboxylic acids is 1. The summed E-state index contributed by atoms with van der Waals surface area (Å²) in [4.78, 5) is 19.5. The minimum atomic E-state index is -1.29. The van der Waals surface area contributed by atoms with Gasteiger partial charge in [0.15, 0.2) is 0 Å². The molecule has 64 valence electrons. The van der Waals surface area contributed by atoms with Crippen LogP contribution in [0.5, 0.6) is 0 Å². The van der Waals surface area contributed by atoms with E-state index in [-0.39, 0.29) is 5.69 Å². The first-order valence-corrected chi connectivity index (χ1v) is 3.33. The standard InChI is InChI=1S/C7H9N3O2/c1-10(2)7-8-4-3-5(9-7)6(11)12/h3-4H,1-2H3,(H,11,12)/p-1. The Morgan fingerprint density at radius 3 is 2.75 bits per heavy atom. The summed E-state index contributed by atoms with van der Waals surface area (Å²) in [5, 5.41) is 10.4. The highest BCUT2D eigenvalue weighted by Crippen LogP contribution is 2.01. The lowest BCUT2D eigenvalue weighted by Crippen LogP contribution is -2.25. The second kappa shape index (κ2) is 3.17. The van der Waals surface area contributed by atoms with E-state index in [1.165, 1.54) is 12.3 Å². The number of carboxylic acids is 1. The minimum absolute atomic E-state index is 0.103. The van der Waals surface area contributed by atoms with Crippen LogP contribution < -0.4 is 10.0 Å². The average Bonchev–Trinajstić information content (AvgIpc) is 2.04. The molecule has 1 rings (SSSR count). The van der Waals surface area contributed by atoms with Crippen LogP contribution in [0.4, 0.5) is 5.95 Å². The fourth-order valence-corrected chi connectivity index (χ4v) is 0.678. The van der Waals surface area contributed by atoms with Gasteiger partial charge in [0.2, 0.25) is 5.95 Å². The van der Waals surface area contributed by atoms with Crippen molar-refractivity contribution in [2.45, 2.75) is 0 Å². The van der Waals surface area contributed by atoms with Crippen molar-refractivity contribution in [2.24, 2.45) is 0 Å². The molecule has 1 aromatic rings. The van der Waals surface area contributed by atoms with Crippen LogP contribution in [0.15, 0.2) is 12.3 Å². The molecular weight excluding hydrogens is 158 g/mol. The molecule has 12 heavy (non-hydrogen) atoms. The molecule has 0 unspecified atom stereocenters. The van der Waals surface area contributed by atoms with Gasteiger partial charge in [-0.25, -0.2) is 9.97 Å².